The van der Waals surface area contributed by atoms with Crippen molar-refractivity contribution in [3.05, 3.63) is 394 Å². The molecule has 109 heavy (non-hydrogen) atoms. The number of rotatable bonds is 12. The molecule has 0 saturated heterocycles. The van der Waals surface area contributed by atoms with E-state index in [4.69, 9.17) is 9.97 Å². The molecule has 19 aromatic carbocycles. The quantitative estimate of drug-likeness (QED) is 0.0903. The van der Waals surface area contributed by atoms with Gasteiger partial charge in [0, 0.05) is 39.0 Å². The number of hydrogen-bond acceptors (Lipinski definition) is 2. The van der Waals surface area contributed by atoms with Gasteiger partial charge in [-0.2, -0.15) is 0 Å². The molecule has 3 aromatic heterocycles. The molecule has 0 bridgehead atoms. The van der Waals surface area contributed by atoms with E-state index in [2.05, 4.69) is 408 Å². The first kappa shape index (κ1) is 61.9. The van der Waals surface area contributed by atoms with Gasteiger partial charge in [0.05, 0.1) is 33.1 Å². The molecule has 22 aromatic rings. The fraction of sp³-hybridized carbons (Fsp3) is 0. The first-order chi connectivity index (χ1) is 54.1. The van der Waals surface area contributed by atoms with Crippen LogP contribution in [-0.2, 0) is 0 Å². The van der Waals surface area contributed by atoms with Crippen LogP contribution in [0.1, 0.15) is 0 Å². The summed E-state index contributed by atoms with van der Waals surface area (Å²) in [7, 11) is 0. The van der Waals surface area contributed by atoms with Crippen LogP contribution in [0, 0.1) is 0 Å². The average molecular weight is 1380 g/mol. The topological polar surface area (TPSA) is 40.6 Å². The van der Waals surface area contributed by atoms with Gasteiger partial charge >= 0.3 is 0 Å². The zero-order valence-corrected chi connectivity index (χ0v) is 59.3. The van der Waals surface area contributed by atoms with E-state index in [1.807, 2.05) is 0 Å². The summed E-state index contributed by atoms with van der Waals surface area (Å²) in [5.41, 5.74) is 27.7. The average Bonchev–Trinajstić information content (AvgIpc) is 1.50. The highest BCUT2D eigenvalue weighted by atomic mass is 15.1. The van der Waals surface area contributed by atoms with Crippen LogP contribution in [0.25, 0.3) is 215 Å². The maximum atomic E-state index is 5.42. The highest BCUT2D eigenvalue weighted by Gasteiger charge is 2.31. The lowest BCUT2D eigenvalue weighted by molar-refractivity contribution is 1.10. The molecule has 0 amide bonds. The van der Waals surface area contributed by atoms with Crippen LogP contribution in [0.3, 0.4) is 0 Å². The Bertz CT molecular complexity index is 7260. The molecule has 3 heterocycles. The Labute approximate surface area is 629 Å². The molecule has 0 aliphatic rings. The summed E-state index contributed by atoms with van der Waals surface area (Å²) >= 11 is 0. The Morgan fingerprint density at radius 3 is 0.890 bits per heavy atom. The minimum absolute atomic E-state index is 0.881. The normalized spacial score (nSPS) is 11.9. The van der Waals surface area contributed by atoms with Gasteiger partial charge in [0.1, 0.15) is 11.6 Å². The minimum atomic E-state index is 0.881. The molecule has 506 valence electrons. The Balaban J connectivity index is 0.898. The number of hydrogen-bond donors (Lipinski definition) is 0. The van der Waals surface area contributed by atoms with Crippen LogP contribution >= 0.6 is 0 Å². The van der Waals surface area contributed by atoms with Crippen molar-refractivity contribution in [2.75, 3.05) is 0 Å². The maximum Gasteiger partial charge on any atom is 0.145 e. The highest BCUT2D eigenvalue weighted by Crippen LogP contribution is 2.59. The number of aromatic nitrogens is 5. The van der Waals surface area contributed by atoms with E-state index in [0.29, 0.717) is 0 Å². The summed E-state index contributed by atoms with van der Waals surface area (Å²) in [5.74, 6) is 1.77. The Morgan fingerprint density at radius 1 is 0.165 bits per heavy atom. The van der Waals surface area contributed by atoms with Crippen molar-refractivity contribution in [2.45, 2.75) is 0 Å². The molecule has 0 saturated carbocycles. The van der Waals surface area contributed by atoms with Crippen molar-refractivity contribution in [3.8, 4) is 118 Å². The van der Waals surface area contributed by atoms with Crippen LogP contribution < -0.4 is 0 Å². The van der Waals surface area contributed by atoms with E-state index >= 15 is 0 Å². The number of nitrogens with zero attached hydrogens (tertiary/aromatic N) is 5. The molecule has 0 spiro atoms. The second kappa shape index (κ2) is 25.1. The van der Waals surface area contributed by atoms with Gasteiger partial charge in [0.2, 0.25) is 0 Å². The minimum Gasteiger partial charge on any atom is -0.309 e. The van der Waals surface area contributed by atoms with Gasteiger partial charge in [-0.3, -0.25) is 9.13 Å². The van der Waals surface area contributed by atoms with Gasteiger partial charge in [-0.15, -0.1) is 0 Å². The number of benzene rings is 19. The molecule has 22 rings (SSSR count). The zero-order chi connectivity index (χ0) is 71.6. The summed E-state index contributed by atoms with van der Waals surface area (Å²) < 4.78 is 7.02. The van der Waals surface area contributed by atoms with Crippen molar-refractivity contribution >= 4 is 97.7 Å². The summed E-state index contributed by atoms with van der Waals surface area (Å²) in [6.07, 6.45) is 0. The Hall–Kier alpha value is -14.5. The fourth-order valence-electron chi connectivity index (χ4n) is 18.0. The second-order valence-corrected chi connectivity index (χ2v) is 28.5. The lowest BCUT2D eigenvalue weighted by atomic mass is 9.74. The molecule has 5 nitrogen and oxygen atoms in total. The molecular formula is C104H65N5. The van der Waals surface area contributed by atoms with Crippen LogP contribution in [0.4, 0.5) is 0 Å². The van der Waals surface area contributed by atoms with Crippen molar-refractivity contribution in [2.24, 2.45) is 0 Å². The van der Waals surface area contributed by atoms with E-state index in [1.54, 1.807) is 0 Å². The van der Waals surface area contributed by atoms with Crippen molar-refractivity contribution < 1.29 is 0 Å². The summed E-state index contributed by atoms with van der Waals surface area (Å²) in [6, 6.07) is 145. The van der Waals surface area contributed by atoms with E-state index in [9.17, 15) is 0 Å². The first-order valence-electron chi connectivity index (χ1n) is 37.5. The van der Waals surface area contributed by atoms with Gasteiger partial charge in [-0.1, -0.05) is 315 Å². The fourth-order valence-corrected chi connectivity index (χ4v) is 18.0. The van der Waals surface area contributed by atoms with E-state index < -0.39 is 0 Å². The molecular weight excluding hydrogens is 1320 g/mol. The van der Waals surface area contributed by atoms with Gasteiger partial charge in [0.25, 0.3) is 0 Å². The molecule has 0 aliphatic carbocycles. The largest absolute Gasteiger partial charge is 0.309 e. The molecule has 5 heteroatoms. The molecule has 0 aliphatic heterocycles. The van der Waals surface area contributed by atoms with Crippen LogP contribution in [0.2, 0.25) is 0 Å². The molecule has 0 unspecified atom stereocenters. The van der Waals surface area contributed by atoms with Gasteiger partial charge < -0.3 is 4.57 Å². The SMILES string of the molecule is c1ccc(-c2c(-c3ccccc3)c(-c3ccccc3)c3c4cccc5c6c(-c7ccc(-c8nc9ccccc9n8-c8ccccc8)cc7)c(-c7ccc(-n8c9ccccc9c9ccccc98)cc7)cc(-c7ccc(-c8nc9ccccc9n8-c8ccccc8)cc7)c6c6cccc(c3c2-c2ccccc2)c6c54)cc1. The third-order valence-electron chi connectivity index (χ3n) is 22.6. The number of para-hydroxylation sites is 8. The molecule has 0 N–H and O–H groups in total. The lowest BCUT2D eigenvalue weighted by Crippen LogP contribution is -2.01. The third-order valence-corrected chi connectivity index (χ3v) is 22.6. The summed E-state index contributed by atoms with van der Waals surface area (Å²) in [6.45, 7) is 0. The van der Waals surface area contributed by atoms with Crippen molar-refractivity contribution in [1.82, 2.24) is 23.7 Å². The van der Waals surface area contributed by atoms with Crippen LogP contribution in [0.5, 0.6) is 0 Å². The number of imidazole rings is 2. The smallest absolute Gasteiger partial charge is 0.145 e. The predicted molar refractivity (Wildman–Crippen MR) is 458 cm³/mol. The van der Waals surface area contributed by atoms with Gasteiger partial charge in [-0.05, 0) is 211 Å². The Morgan fingerprint density at radius 2 is 0.459 bits per heavy atom. The Kier molecular flexibility index (Phi) is 14.3. The van der Waals surface area contributed by atoms with E-state index in [1.165, 1.54) is 97.9 Å². The van der Waals surface area contributed by atoms with Crippen LogP contribution in [0.15, 0.2) is 394 Å². The molecule has 0 atom stereocenters. The van der Waals surface area contributed by atoms with Crippen molar-refractivity contribution in [1.29, 1.82) is 0 Å². The molecule has 0 radical (unpaired) electrons. The van der Waals surface area contributed by atoms with Gasteiger partial charge in [-0.25, -0.2) is 9.97 Å². The standard InChI is InChI=1S/C104H65N5/c1-7-29-68(30-8-1)93-94(69-31-9-2-10-32-69)96(71-35-13-4-14-36-71)102-83-46-28-44-81-98(83)97-80(43-27-45-82(97)101(102)95(93)70-33-11-3-12-34-70)99-85(66-53-57-73(58-54-66)103-105-86-47-21-25-51-90(86)108(103)75-37-15-5-16-38-75)65-84(67-61-63-77(64-62-67)107-88-49-23-19-41-78(88)79-42-20-24-50-89(79)107)92(100(81)99)72-55-59-74(60-56-72)104-106-87-48-22-26-52-91(87)109(104)76-39-17-6-18-40-76/h1-65H. The van der Waals surface area contributed by atoms with Gasteiger partial charge in [0.15, 0.2) is 0 Å². The highest BCUT2D eigenvalue weighted by molar-refractivity contribution is 6.46. The second-order valence-electron chi connectivity index (χ2n) is 28.5. The summed E-state index contributed by atoms with van der Waals surface area (Å²) in [4.78, 5) is 10.8. The van der Waals surface area contributed by atoms with E-state index in [-0.39, 0.29) is 0 Å². The monoisotopic (exact) mass is 1380 g/mol. The third kappa shape index (κ3) is 9.73. The summed E-state index contributed by atoms with van der Waals surface area (Å²) in [5, 5.41) is 14.5. The molecule has 0 fully saturated rings. The first-order valence-corrected chi connectivity index (χ1v) is 37.5. The zero-order valence-electron chi connectivity index (χ0n) is 59.3. The van der Waals surface area contributed by atoms with Crippen LogP contribution in [-0.4, -0.2) is 23.7 Å². The predicted octanol–water partition coefficient (Wildman–Crippen LogP) is 27.7. The lowest BCUT2D eigenvalue weighted by Gasteiger charge is -2.28. The van der Waals surface area contributed by atoms with Crippen molar-refractivity contribution in [3.63, 3.8) is 0 Å². The maximum absolute atomic E-state index is 5.42. The number of fused-ring (bicyclic) bond motifs is 11. The van der Waals surface area contributed by atoms with E-state index in [0.717, 1.165) is 118 Å².